The van der Waals surface area contributed by atoms with Crippen LogP contribution in [-0.4, -0.2) is 71.4 Å². The normalized spacial score (nSPS) is 31.4. The van der Waals surface area contributed by atoms with Crippen LogP contribution in [0.3, 0.4) is 0 Å². The number of hydrogen-bond donors (Lipinski definition) is 1. The van der Waals surface area contributed by atoms with E-state index >= 15 is 0 Å². The minimum Gasteiger partial charge on any atom is -0.497 e. The first-order valence-corrected chi connectivity index (χ1v) is 13.4. The monoisotopic (exact) mass is 461 g/mol. The summed E-state index contributed by atoms with van der Waals surface area (Å²) in [5, 5.41) is 12.7. The number of likely N-dealkylation sites (tertiary alicyclic amines) is 2. The minimum atomic E-state index is -0.671. The molecule has 3 unspecified atom stereocenters. The molecule has 1 N–H and O–H groups in total. The van der Waals surface area contributed by atoms with E-state index in [2.05, 4.69) is 45.1 Å². The predicted molar refractivity (Wildman–Crippen MR) is 134 cm³/mol. The van der Waals surface area contributed by atoms with Gasteiger partial charge in [0.15, 0.2) is 0 Å². The molecule has 4 aliphatic rings. The maximum Gasteiger partial charge on any atom is 0.119 e. The van der Waals surface area contributed by atoms with Gasteiger partial charge in [0.05, 0.1) is 12.7 Å². The summed E-state index contributed by atoms with van der Waals surface area (Å²) in [6.07, 6.45) is 10.7. The van der Waals surface area contributed by atoms with Crippen LogP contribution < -0.4 is 4.74 Å². The number of nitrogens with zero attached hydrogens (tertiary/aromatic N) is 3. The van der Waals surface area contributed by atoms with Crippen molar-refractivity contribution in [1.82, 2.24) is 14.8 Å². The summed E-state index contributed by atoms with van der Waals surface area (Å²) >= 11 is 0. The van der Waals surface area contributed by atoms with Gasteiger partial charge in [-0.1, -0.05) is 12.1 Å². The number of aromatic nitrogens is 1. The Balaban J connectivity index is 1.27. The second-order valence-corrected chi connectivity index (χ2v) is 11.2. The lowest BCUT2D eigenvalue weighted by Crippen LogP contribution is -2.71. The highest BCUT2D eigenvalue weighted by atomic mass is 16.5. The zero-order valence-electron chi connectivity index (χ0n) is 20.6. The topological polar surface area (TPSA) is 48.8 Å². The predicted octanol–water partition coefficient (Wildman–Crippen LogP) is 3.83. The van der Waals surface area contributed by atoms with Crippen LogP contribution in [0.15, 0.2) is 42.6 Å². The van der Waals surface area contributed by atoms with Crippen molar-refractivity contribution in [3.05, 3.63) is 59.4 Å². The van der Waals surface area contributed by atoms with Crippen molar-refractivity contribution in [2.24, 2.45) is 5.92 Å². The summed E-state index contributed by atoms with van der Waals surface area (Å²) in [6, 6.07) is 13.1. The van der Waals surface area contributed by atoms with Gasteiger partial charge < -0.3 is 14.7 Å². The Kier molecular flexibility index (Phi) is 5.91. The summed E-state index contributed by atoms with van der Waals surface area (Å²) in [5.41, 5.74) is 3.13. The zero-order valence-corrected chi connectivity index (χ0v) is 20.6. The average Bonchev–Trinajstić information content (AvgIpc) is 3.69. The minimum absolute atomic E-state index is 0.171. The van der Waals surface area contributed by atoms with Gasteiger partial charge in [0.25, 0.3) is 0 Å². The molecule has 1 aromatic carbocycles. The van der Waals surface area contributed by atoms with Crippen LogP contribution >= 0.6 is 0 Å². The van der Waals surface area contributed by atoms with Crippen LogP contribution in [0.25, 0.3) is 0 Å². The summed E-state index contributed by atoms with van der Waals surface area (Å²) in [6.45, 7) is 5.39. The van der Waals surface area contributed by atoms with Gasteiger partial charge >= 0.3 is 0 Å². The highest BCUT2D eigenvalue weighted by Crippen LogP contribution is 2.56. The van der Waals surface area contributed by atoms with E-state index in [1.54, 1.807) is 7.11 Å². The first-order chi connectivity index (χ1) is 16.6. The molecule has 2 aliphatic carbocycles. The number of aliphatic hydroxyl groups is 1. The SMILES string of the molecule is COc1ccc2c(c1)C13CCN(CCCc4ccccn4)CCC1(O)C(C2)N(CC1CC1)CC3. The standard InChI is InChI=1S/C29H39N3O2/c1-34-25-10-9-23-19-27-29(33)13-17-31(15-4-6-24-5-2-3-14-30-24)16-11-28(29,26(23)20-25)12-18-32(27)21-22-7-8-22/h2-3,5,9-10,14,20,22,27,33H,4,6-8,11-13,15-19,21H2,1H3. The van der Waals surface area contributed by atoms with Gasteiger partial charge in [-0.25, -0.2) is 0 Å². The van der Waals surface area contributed by atoms with Gasteiger partial charge in [-0.05, 0) is 112 Å². The second-order valence-electron chi connectivity index (χ2n) is 11.2. The van der Waals surface area contributed by atoms with Crippen LogP contribution in [0.5, 0.6) is 5.75 Å². The lowest BCUT2D eigenvalue weighted by molar-refractivity contribution is -0.149. The maximum atomic E-state index is 12.7. The first kappa shape index (κ1) is 22.5. The number of ether oxygens (including phenoxy) is 1. The largest absolute Gasteiger partial charge is 0.497 e. The van der Waals surface area contributed by atoms with Gasteiger partial charge in [-0.3, -0.25) is 9.88 Å². The van der Waals surface area contributed by atoms with Crippen molar-refractivity contribution in [3.8, 4) is 5.75 Å². The summed E-state index contributed by atoms with van der Waals surface area (Å²) < 4.78 is 5.65. The van der Waals surface area contributed by atoms with Crippen molar-refractivity contribution < 1.29 is 9.84 Å². The zero-order chi connectivity index (χ0) is 23.2. The summed E-state index contributed by atoms with van der Waals surface area (Å²) in [4.78, 5) is 9.77. The Hall–Kier alpha value is -1.95. The first-order valence-electron chi connectivity index (χ1n) is 13.4. The Morgan fingerprint density at radius 1 is 1.09 bits per heavy atom. The molecule has 2 bridgehead atoms. The molecule has 182 valence electrons. The van der Waals surface area contributed by atoms with Crippen LogP contribution in [0.2, 0.25) is 0 Å². The van der Waals surface area contributed by atoms with E-state index in [-0.39, 0.29) is 11.5 Å². The van der Waals surface area contributed by atoms with Crippen LogP contribution in [0, 0.1) is 5.92 Å². The molecule has 2 saturated heterocycles. The van der Waals surface area contributed by atoms with Crippen molar-refractivity contribution in [3.63, 3.8) is 0 Å². The van der Waals surface area contributed by atoms with Crippen LogP contribution in [0.1, 0.15) is 55.3 Å². The molecular weight excluding hydrogens is 422 g/mol. The molecule has 5 nitrogen and oxygen atoms in total. The van der Waals surface area contributed by atoms with Gasteiger partial charge in [0.1, 0.15) is 5.75 Å². The van der Waals surface area contributed by atoms with E-state index in [0.717, 1.165) is 76.4 Å². The number of hydrogen-bond acceptors (Lipinski definition) is 5. The number of methoxy groups -OCH3 is 1. The number of fused-ring (bicyclic) bond motifs is 1. The van der Waals surface area contributed by atoms with E-state index < -0.39 is 5.60 Å². The Morgan fingerprint density at radius 3 is 2.74 bits per heavy atom. The number of benzene rings is 1. The maximum absolute atomic E-state index is 12.7. The summed E-state index contributed by atoms with van der Waals surface area (Å²) in [5.74, 6) is 1.77. The molecule has 0 amide bonds. The van der Waals surface area contributed by atoms with E-state index in [1.807, 2.05) is 12.3 Å². The van der Waals surface area contributed by atoms with Crippen LogP contribution in [0.4, 0.5) is 0 Å². The van der Waals surface area contributed by atoms with Crippen molar-refractivity contribution in [2.75, 3.05) is 39.8 Å². The Labute approximate surface area is 204 Å². The lowest BCUT2D eigenvalue weighted by Gasteiger charge is -2.61. The Morgan fingerprint density at radius 2 is 1.94 bits per heavy atom. The van der Waals surface area contributed by atoms with Crippen molar-refractivity contribution in [2.45, 2.75) is 68.4 Å². The molecule has 5 heteroatoms. The highest BCUT2D eigenvalue weighted by molar-refractivity contribution is 5.48. The molecule has 1 aromatic heterocycles. The molecule has 2 aliphatic heterocycles. The van der Waals surface area contributed by atoms with E-state index in [9.17, 15) is 5.11 Å². The van der Waals surface area contributed by atoms with Crippen molar-refractivity contribution in [1.29, 1.82) is 0 Å². The molecule has 2 aromatic rings. The molecule has 34 heavy (non-hydrogen) atoms. The highest BCUT2D eigenvalue weighted by Gasteiger charge is 2.63. The van der Waals surface area contributed by atoms with Gasteiger partial charge in [-0.15, -0.1) is 0 Å². The molecule has 3 heterocycles. The molecule has 0 spiro atoms. The quantitative estimate of drug-likeness (QED) is 0.679. The molecule has 6 rings (SSSR count). The van der Waals surface area contributed by atoms with Crippen LogP contribution in [-0.2, 0) is 18.3 Å². The fourth-order valence-electron chi connectivity index (χ4n) is 7.28. The second kappa shape index (κ2) is 8.92. The number of piperidine rings is 1. The number of pyridine rings is 1. The molecule has 3 atom stereocenters. The lowest BCUT2D eigenvalue weighted by atomic mass is 9.52. The van der Waals surface area contributed by atoms with Crippen molar-refractivity contribution >= 4 is 0 Å². The third-order valence-corrected chi connectivity index (χ3v) is 9.38. The van der Waals surface area contributed by atoms with E-state index in [1.165, 1.54) is 36.2 Å². The third kappa shape index (κ3) is 3.86. The summed E-state index contributed by atoms with van der Waals surface area (Å²) in [7, 11) is 1.76. The van der Waals surface area contributed by atoms with Gasteiger partial charge in [0, 0.05) is 36.4 Å². The number of rotatable bonds is 7. The number of aryl methyl sites for hydroxylation is 1. The molecule has 1 saturated carbocycles. The fourth-order valence-corrected chi connectivity index (χ4v) is 7.28. The van der Waals surface area contributed by atoms with E-state index in [0.29, 0.717) is 0 Å². The van der Waals surface area contributed by atoms with Gasteiger partial charge in [0.2, 0.25) is 0 Å². The average molecular weight is 462 g/mol. The molecule has 0 radical (unpaired) electrons. The fraction of sp³-hybridized carbons (Fsp3) is 0.621. The third-order valence-electron chi connectivity index (χ3n) is 9.38. The molecule has 3 fully saturated rings. The van der Waals surface area contributed by atoms with E-state index in [4.69, 9.17) is 4.74 Å². The van der Waals surface area contributed by atoms with Gasteiger partial charge in [-0.2, -0.15) is 0 Å². The smallest absolute Gasteiger partial charge is 0.119 e. The molecular formula is C29H39N3O2. The Bertz CT molecular complexity index is 1010.